The third-order valence-corrected chi connectivity index (χ3v) is 4.71. The molecule has 162 valence electrons. The number of alkyl halides is 3. The van der Waals surface area contributed by atoms with Gasteiger partial charge in [0.1, 0.15) is 6.17 Å². The largest absolute Gasteiger partial charge is 0.493 e. The zero-order valence-electron chi connectivity index (χ0n) is 16.3. The van der Waals surface area contributed by atoms with Crippen molar-refractivity contribution in [2.45, 2.75) is 9.96 Å². The minimum absolute atomic E-state index is 0.155. The van der Waals surface area contributed by atoms with Crippen LogP contribution < -0.4 is 30.2 Å². The van der Waals surface area contributed by atoms with Gasteiger partial charge in [0.15, 0.2) is 16.6 Å². The molecular formula is C19H20Cl3N3O4S. The first-order valence-electron chi connectivity index (χ1n) is 8.49. The predicted molar refractivity (Wildman–Crippen MR) is 123 cm³/mol. The number of ether oxygens (including phenoxy) is 3. The van der Waals surface area contributed by atoms with Crippen LogP contribution in [0, 0.1) is 0 Å². The van der Waals surface area contributed by atoms with E-state index in [2.05, 4.69) is 16.0 Å². The van der Waals surface area contributed by atoms with Crippen LogP contribution in [0.1, 0.15) is 10.4 Å². The smallest absolute Gasteiger partial charge is 0.253 e. The van der Waals surface area contributed by atoms with Crippen molar-refractivity contribution >= 4 is 63.7 Å². The Labute approximate surface area is 194 Å². The molecule has 2 rings (SSSR count). The molecule has 0 heterocycles. The molecule has 0 saturated carbocycles. The maximum absolute atomic E-state index is 12.8. The average molecular weight is 493 g/mol. The van der Waals surface area contributed by atoms with Crippen LogP contribution in [-0.2, 0) is 0 Å². The normalized spacial score (nSPS) is 11.8. The number of carbonyl (C=O) groups is 1. The zero-order valence-corrected chi connectivity index (χ0v) is 19.4. The fraction of sp³-hybridized carbons (Fsp3) is 0.263. The topological polar surface area (TPSA) is 80.9 Å². The molecule has 11 heteroatoms. The van der Waals surface area contributed by atoms with Crippen LogP contribution in [-0.4, -0.2) is 42.3 Å². The molecule has 0 aromatic heterocycles. The van der Waals surface area contributed by atoms with Crippen LogP contribution in [0.15, 0.2) is 42.5 Å². The van der Waals surface area contributed by atoms with E-state index in [4.69, 9.17) is 61.2 Å². The number of thiocarbonyl (C=S) groups is 1. The number of carbonyl (C=O) groups excluding carboxylic acids is 1. The van der Waals surface area contributed by atoms with Crippen molar-refractivity contribution in [1.29, 1.82) is 0 Å². The number of nitrogens with one attached hydrogen (secondary N) is 3. The molecule has 3 N–H and O–H groups in total. The third-order valence-electron chi connectivity index (χ3n) is 3.84. The van der Waals surface area contributed by atoms with Gasteiger partial charge in [0, 0.05) is 11.3 Å². The van der Waals surface area contributed by atoms with Crippen molar-refractivity contribution in [3.05, 3.63) is 48.0 Å². The maximum atomic E-state index is 12.8. The van der Waals surface area contributed by atoms with E-state index in [1.807, 2.05) is 30.3 Å². The van der Waals surface area contributed by atoms with Crippen molar-refractivity contribution in [2.24, 2.45) is 0 Å². The van der Waals surface area contributed by atoms with Crippen LogP contribution in [0.3, 0.4) is 0 Å². The molecule has 2 aromatic rings. The summed E-state index contributed by atoms with van der Waals surface area (Å²) in [6.45, 7) is 0. The highest BCUT2D eigenvalue weighted by Gasteiger charge is 2.35. The Hall–Kier alpha value is -2.13. The molecule has 0 saturated heterocycles. The molecule has 1 amide bonds. The molecule has 1 atom stereocenters. The first-order valence-corrected chi connectivity index (χ1v) is 10.0. The number of anilines is 1. The summed E-state index contributed by atoms with van der Waals surface area (Å²) >= 11 is 23.4. The highest BCUT2D eigenvalue weighted by Crippen LogP contribution is 2.38. The van der Waals surface area contributed by atoms with Gasteiger partial charge in [-0.15, -0.1) is 0 Å². The van der Waals surface area contributed by atoms with Gasteiger partial charge in [0.25, 0.3) is 5.91 Å². The zero-order chi connectivity index (χ0) is 22.3. The first kappa shape index (κ1) is 24.1. The molecule has 2 aromatic carbocycles. The van der Waals surface area contributed by atoms with Gasteiger partial charge in [-0.1, -0.05) is 53.0 Å². The van der Waals surface area contributed by atoms with E-state index < -0.39 is 15.9 Å². The molecule has 0 aliphatic rings. The molecular weight excluding hydrogens is 473 g/mol. The summed E-state index contributed by atoms with van der Waals surface area (Å²) in [5.74, 6) is 0.407. The van der Waals surface area contributed by atoms with Crippen molar-refractivity contribution in [2.75, 3.05) is 26.6 Å². The lowest BCUT2D eigenvalue weighted by molar-refractivity contribution is 0.0933. The lowest BCUT2D eigenvalue weighted by atomic mass is 10.1. The summed E-state index contributed by atoms with van der Waals surface area (Å²) < 4.78 is 13.9. The van der Waals surface area contributed by atoms with Crippen LogP contribution in [0.25, 0.3) is 0 Å². The standard InChI is InChI=1S/C19H20Cl3N3O4S/c1-27-13-9-11(10-14(28-2)15(13)29-3)16(26)24-17(19(20,21)22)25-18(30)23-12-7-5-4-6-8-12/h4-10,17H,1-3H3,(H,24,26)(H2,23,25,30). The molecule has 30 heavy (non-hydrogen) atoms. The van der Waals surface area contributed by atoms with E-state index in [-0.39, 0.29) is 10.7 Å². The first-order chi connectivity index (χ1) is 14.2. The van der Waals surface area contributed by atoms with Gasteiger partial charge < -0.3 is 30.2 Å². The minimum Gasteiger partial charge on any atom is -0.493 e. The average Bonchev–Trinajstić information content (AvgIpc) is 2.71. The number of hydrogen-bond donors (Lipinski definition) is 3. The highest BCUT2D eigenvalue weighted by atomic mass is 35.6. The Bertz CT molecular complexity index is 869. The Kier molecular flexibility index (Phi) is 8.66. The van der Waals surface area contributed by atoms with Gasteiger partial charge in [-0.05, 0) is 36.5 Å². The number of rotatable bonds is 7. The lowest BCUT2D eigenvalue weighted by Crippen LogP contribution is -2.56. The van der Waals surface area contributed by atoms with Crippen LogP contribution in [0.4, 0.5) is 5.69 Å². The SMILES string of the molecule is COc1cc(C(=O)NC(NC(=S)Nc2ccccc2)C(Cl)(Cl)Cl)cc(OC)c1OC. The van der Waals surface area contributed by atoms with Gasteiger partial charge in [-0.25, -0.2) is 0 Å². The number of hydrogen-bond acceptors (Lipinski definition) is 5. The second-order valence-corrected chi connectivity index (χ2v) is 8.60. The summed E-state index contributed by atoms with van der Waals surface area (Å²) in [5, 5.41) is 8.50. The number of benzene rings is 2. The fourth-order valence-corrected chi connectivity index (χ4v) is 3.01. The fourth-order valence-electron chi connectivity index (χ4n) is 2.45. The van der Waals surface area contributed by atoms with Crippen molar-refractivity contribution < 1.29 is 19.0 Å². The molecule has 0 radical (unpaired) electrons. The van der Waals surface area contributed by atoms with E-state index in [1.165, 1.54) is 33.5 Å². The quantitative estimate of drug-likeness (QED) is 0.305. The van der Waals surface area contributed by atoms with Gasteiger partial charge in [0.05, 0.1) is 21.3 Å². The molecule has 1 unspecified atom stereocenters. The monoisotopic (exact) mass is 491 g/mol. The van der Waals surface area contributed by atoms with Crippen molar-refractivity contribution in [3.63, 3.8) is 0 Å². The lowest BCUT2D eigenvalue weighted by Gasteiger charge is -2.28. The Morgan fingerprint density at radius 2 is 1.53 bits per heavy atom. The van der Waals surface area contributed by atoms with E-state index in [0.29, 0.717) is 17.2 Å². The van der Waals surface area contributed by atoms with E-state index in [0.717, 1.165) is 5.69 Å². The second-order valence-electron chi connectivity index (χ2n) is 5.83. The van der Waals surface area contributed by atoms with E-state index in [9.17, 15) is 4.79 Å². The van der Waals surface area contributed by atoms with Gasteiger partial charge in [0.2, 0.25) is 9.54 Å². The Morgan fingerprint density at radius 3 is 2.00 bits per heavy atom. The van der Waals surface area contributed by atoms with Crippen LogP contribution >= 0.6 is 47.0 Å². The molecule has 0 aliphatic heterocycles. The van der Waals surface area contributed by atoms with Gasteiger partial charge in [-0.2, -0.15) is 0 Å². The van der Waals surface area contributed by atoms with Crippen LogP contribution in [0.2, 0.25) is 0 Å². The Morgan fingerprint density at radius 1 is 0.967 bits per heavy atom. The van der Waals surface area contributed by atoms with Crippen molar-refractivity contribution in [3.8, 4) is 17.2 Å². The van der Waals surface area contributed by atoms with Crippen LogP contribution in [0.5, 0.6) is 17.2 Å². The van der Waals surface area contributed by atoms with Crippen molar-refractivity contribution in [1.82, 2.24) is 10.6 Å². The summed E-state index contributed by atoms with van der Waals surface area (Å²) in [6, 6.07) is 12.1. The summed E-state index contributed by atoms with van der Waals surface area (Å²) in [5.41, 5.74) is 0.932. The predicted octanol–water partition coefficient (Wildman–Crippen LogP) is 4.13. The second kappa shape index (κ2) is 10.8. The number of halogens is 3. The van der Waals surface area contributed by atoms with E-state index in [1.54, 1.807) is 0 Å². The maximum Gasteiger partial charge on any atom is 0.253 e. The molecule has 7 nitrogen and oxygen atoms in total. The molecule has 0 aliphatic carbocycles. The number of amides is 1. The summed E-state index contributed by atoms with van der Waals surface area (Å²) in [6.07, 6.45) is -1.14. The van der Waals surface area contributed by atoms with Gasteiger partial charge in [-0.3, -0.25) is 4.79 Å². The van der Waals surface area contributed by atoms with E-state index >= 15 is 0 Å². The molecule has 0 bridgehead atoms. The summed E-state index contributed by atoms with van der Waals surface area (Å²) in [4.78, 5) is 12.8. The van der Waals surface area contributed by atoms with Gasteiger partial charge >= 0.3 is 0 Å². The number of para-hydroxylation sites is 1. The molecule has 0 spiro atoms. The summed E-state index contributed by atoms with van der Waals surface area (Å²) in [7, 11) is 4.35. The molecule has 0 fully saturated rings. The number of methoxy groups -OCH3 is 3. The highest BCUT2D eigenvalue weighted by molar-refractivity contribution is 7.80. The third kappa shape index (κ3) is 6.43. The Balaban J connectivity index is 2.20. The minimum atomic E-state index is -1.90.